The number of aryl methyl sites for hydroxylation is 1. The summed E-state index contributed by atoms with van der Waals surface area (Å²) in [7, 11) is 0. The van der Waals surface area contributed by atoms with E-state index in [1.54, 1.807) is 0 Å². The highest BCUT2D eigenvalue weighted by molar-refractivity contribution is 6.30. The summed E-state index contributed by atoms with van der Waals surface area (Å²) in [5.41, 5.74) is 8.90. The molecule has 0 spiro atoms. The molecule has 0 heterocycles. The Morgan fingerprint density at radius 3 is 2.46 bits per heavy atom. The van der Waals surface area contributed by atoms with Crippen molar-refractivity contribution in [2.45, 2.75) is 65.7 Å². The van der Waals surface area contributed by atoms with E-state index in [9.17, 15) is 4.91 Å². The second kappa shape index (κ2) is 11.8. The minimum absolute atomic E-state index is 0.0143. The SMILES string of the molecule is CC.CCNc1ccc(CCCC(C)(CC)c2cc(Cl)ccc2[NH3+])c(N=O)c1. The molecule has 0 aromatic heterocycles. The zero-order valence-electron chi connectivity index (χ0n) is 17.9. The number of nitroso groups, excluding NO2 is 1. The second-order valence-corrected chi connectivity index (χ2v) is 7.47. The normalized spacial score (nSPS) is 12.5. The zero-order chi connectivity index (χ0) is 21.2. The van der Waals surface area contributed by atoms with Crippen LogP contribution in [-0.4, -0.2) is 6.54 Å². The maximum atomic E-state index is 11.2. The van der Waals surface area contributed by atoms with Gasteiger partial charge in [-0.2, -0.15) is 0 Å². The molecular weight excluding hydrogens is 370 g/mol. The topological polar surface area (TPSA) is 69.1 Å². The number of nitrogens with one attached hydrogen (secondary N) is 1. The molecule has 154 valence electrons. The van der Waals surface area contributed by atoms with Crippen molar-refractivity contribution >= 4 is 28.7 Å². The largest absolute Gasteiger partial charge is 0.385 e. The van der Waals surface area contributed by atoms with Gasteiger partial charge in [0, 0.05) is 28.9 Å². The molecule has 5 heteroatoms. The fourth-order valence-corrected chi connectivity index (χ4v) is 3.63. The lowest BCUT2D eigenvalue weighted by Gasteiger charge is -2.29. The lowest BCUT2D eigenvalue weighted by Crippen LogP contribution is -2.43. The lowest BCUT2D eigenvalue weighted by molar-refractivity contribution is -0.256. The Bertz CT molecular complexity index is 764. The molecule has 4 N–H and O–H groups in total. The minimum atomic E-state index is 0.0143. The van der Waals surface area contributed by atoms with Crippen molar-refractivity contribution in [2.75, 3.05) is 11.9 Å². The summed E-state index contributed by atoms with van der Waals surface area (Å²) < 4.78 is 0. The molecule has 0 aliphatic rings. The van der Waals surface area contributed by atoms with Crippen LogP contribution in [0.15, 0.2) is 41.6 Å². The van der Waals surface area contributed by atoms with Crippen LogP contribution < -0.4 is 11.1 Å². The molecule has 0 saturated heterocycles. The molecule has 0 fully saturated rings. The van der Waals surface area contributed by atoms with Crippen molar-refractivity contribution < 1.29 is 5.73 Å². The molecule has 28 heavy (non-hydrogen) atoms. The molecule has 0 amide bonds. The molecule has 0 bridgehead atoms. The fraction of sp³-hybridized carbons (Fsp3) is 0.478. The maximum Gasteiger partial charge on any atom is 0.131 e. The first-order chi connectivity index (χ1) is 13.4. The van der Waals surface area contributed by atoms with E-state index in [0.29, 0.717) is 5.69 Å². The Morgan fingerprint density at radius 1 is 1.14 bits per heavy atom. The lowest BCUT2D eigenvalue weighted by atomic mass is 9.75. The zero-order valence-corrected chi connectivity index (χ0v) is 18.7. The van der Waals surface area contributed by atoms with Crippen molar-refractivity contribution in [1.82, 2.24) is 0 Å². The van der Waals surface area contributed by atoms with Crippen molar-refractivity contribution in [1.29, 1.82) is 0 Å². The van der Waals surface area contributed by atoms with Gasteiger partial charge in [0.1, 0.15) is 11.4 Å². The van der Waals surface area contributed by atoms with E-state index in [0.717, 1.165) is 54.2 Å². The molecule has 0 saturated carbocycles. The number of rotatable bonds is 9. The molecule has 0 radical (unpaired) electrons. The highest BCUT2D eigenvalue weighted by Gasteiger charge is 2.28. The van der Waals surface area contributed by atoms with Gasteiger partial charge < -0.3 is 11.1 Å². The molecule has 0 aliphatic heterocycles. The highest BCUT2D eigenvalue weighted by atomic mass is 35.5. The van der Waals surface area contributed by atoms with E-state index in [4.69, 9.17) is 11.6 Å². The predicted octanol–water partition coefficient (Wildman–Crippen LogP) is 6.76. The Labute approximate surface area is 174 Å². The summed E-state index contributed by atoms with van der Waals surface area (Å²) in [6, 6.07) is 11.8. The number of benzene rings is 2. The highest BCUT2D eigenvalue weighted by Crippen LogP contribution is 2.37. The molecule has 1 atom stereocenters. The number of halogens is 1. The number of quaternary nitrogens is 1. The number of anilines is 1. The summed E-state index contributed by atoms with van der Waals surface area (Å²) in [6.45, 7) is 11.3. The van der Waals surface area contributed by atoms with Gasteiger partial charge in [0.2, 0.25) is 0 Å². The minimum Gasteiger partial charge on any atom is -0.385 e. The van der Waals surface area contributed by atoms with Crippen LogP contribution >= 0.6 is 11.6 Å². The predicted molar refractivity (Wildman–Crippen MR) is 122 cm³/mol. The third-order valence-electron chi connectivity index (χ3n) is 5.24. The van der Waals surface area contributed by atoms with Gasteiger partial charge in [0.05, 0.1) is 0 Å². The molecule has 2 aromatic rings. The van der Waals surface area contributed by atoms with Crippen LogP contribution in [0.25, 0.3) is 0 Å². The number of hydrogen-bond acceptors (Lipinski definition) is 3. The maximum absolute atomic E-state index is 11.2. The Kier molecular flexibility index (Phi) is 10.2. The van der Waals surface area contributed by atoms with E-state index in [1.807, 2.05) is 57.2 Å². The van der Waals surface area contributed by atoms with Crippen LogP contribution in [0, 0.1) is 4.91 Å². The molecule has 0 aliphatic carbocycles. The molecular formula is C23H35ClN3O+. The van der Waals surface area contributed by atoms with E-state index in [1.165, 1.54) is 5.56 Å². The van der Waals surface area contributed by atoms with Gasteiger partial charge in [-0.05, 0) is 73.0 Å². The summed E-state index contributed by atoms with van der Waals surface area (Å²) >= 11 is 6.21. The summed E-state index contributed by atoms with van der Waals surface area (Å²) in [5, 5.41) is 7.18. The van der Waals surface area contributed by atoms with E-state index in [-0.39, 0.29) is 5.41 Å². The van der Waals surface area contributed by atoms with Crippen molar-refractivity contribution in [3.05, 3.63) is 57.5 Å². The second-order valence-electron chi connectivity index (χ2n) is 7.03. The van der Waals surface area contributed by atoms with Gasteiger partial charge in [-0.3, -0.25) is 0 Å². The first-order valence-electron chi connectivity index (χ1n) is 10.3. The van der Waals surface area contributed by atoms with Crippen LogP contribution in [0.5, 0.6) is 0 Å². The van der Waals surface area contributed by atoms with Gasteiger partial charge in [0.25, 0.3) is 0 Å². The van der Waals surface area contributed by atoms with Gasteiger partial charge >= 0.3 is 0 Å². The van der Waals surface area contributed by atoms with E-state index in [2.05, 4.69) is 30.1 Å². The number of nitrogens with zero attached hydrogens (tertiary/aromatic N) is 1. The van der Waals surface area contributed by atoms with E-state index < -0.39 is 0 Å². The smallest absolute Gasteiger partial charge is 0.131 e. The third-order valence-corrected chi connectivity index (χ3v) is 5.48. The first-order valence-corrected chi connectivity index (χ1v) is 10.6. The van der Waals surface area contributed by atoms with Crippen LogP contribution in [0.3, 0.4) is 0 Å². The van der Waals surface area contributed by atoms with Crippen LogP contribution in [-0.2, 0) is 11.8 Å². The molecule has 2 rings (SSSR count). The van der Waals surface area contributed by atoms with Gasteiger partial charge in [-0.25, -0.2) is 0 Å². The summed E-state index contributed by atoms with van der Waals surface area (Å²) in [4.78, 5) is 11.2. The molecule has 4 nitrogen and oxygen atoms in total. The van der Waals surface area contributed by atoms with Gasteiger partial charge in [-0.1, -0.05) is 45.4 Å². The number of hydrogen-bond donors (Lipinski definition) is 2. The average molecular weight is 405 g/mol. The first kappa shape index (κ1) is 24.1. The van der Waals surface area contributed by atoms with Crippen LogP contribution in [0.2, 0.25) is 5.02 Å². The third kappa shape index (κ3) is 6.32. The van der Waals surface area contributed by atoms with Crippen molar-refractivity contribution in [2.24, 2.45) is 5.18 Å². The molecule has 1 unspecified atom stereocenters. The summed E-state index contributed by atoms with van der Waals surface area (Å²) in [6.07, 6.45) is 3.81. The van der Waals surface area contributed by atoms with Gasteiger partial charge in [-0.15, -0.1) is 4.91 Å². The standard InChI is InChI=1S/C21H28ClN3O.C2H6/c1-4-21(3,18-13-16(22)9-11-19(18)23)12-6-7-15-8-10-17(24-5-2)14-20(15)25-26;1-2/h8-11,13-14,24H,4-7,12,23H2,1-3H3;1-2H3/p+1. The summed E-state index contributed by atoms with van der Waals surface area (Å²) in [5.74, 6) is 0. The van der Waals surface area contributed by atoms with Crippen LogP contribution in [0.1, 0.15) is 65.0 Å². The monoisotopic (exact) mass is 404 g/mol. The Hall–Kier alpha value is -1.91. The van der Waals surface area contributed by atoms with Gasteiger partial charge in [0.15, 0.2) is 0 Å². The van der Waals surface area contributed by atoms with E-state index >= 15 is 0 Å². The van der Waals surface area contributed by atoms with Crippen molar-refractivity contribution in [3.8, 4) is 0 Å². The average Bonchev–Trinajstić information content (AvgIpc) is 2.72. The molecule has 2 aromatic carbocycles. The quantitative estimate of drug-likeness (QED) is 0.453. The fourth-order valence-electron chi connectivity index (χ4n) is 3.46. The van der Waals surface area contributed by atoms with Crippen molar-refractivity contribution in [3.63, 3.8) is 0 Å². The van der Waals surface area contributed by atoms with Crippen LogP contribution in [0.4, 0.5) is 17.1 Å². The Balaban J connectivity index is 0.00000190. The Morgan fingerprint density at radius 2 is 1.86 bits per heavy atom.